The Morgan fingerprint density at radius 3 is 0.920 bits per heavy atom. The van der Waals surface area contributed by atoms with E-state index in [4.69, 9.17) is 4.12 Å². The van der Waals surface area contributed by atoms with Crippen molar-refractivity contribution in [2.24, 2.45) is 0 Å². The van der Waals surface area contributed by atoms with Crippen LogP contribution < -0.4 is 0 Å². The minimum absolute atomic E-state index is 0. The molecule has 0 unspecified atom stereocenters. The minimum Gasteiger partial charge on any atom is -0.449 e. The Kier molecular flexibility index (Phi) is 12.9. The van der Waals surface area contributed by atoms with E-state index in [2.05, 4.69) is 102 Å². The van der Waals surface area contributed by atoms with Gasteiger partial charge in [-0.25, -0.2) is 0 Å². The molecule has 0 radical (unpaired) electrons. The van der Waals surface area contributed by atoms with Crippen molar-refractivity contribution in [2.45, 2.75) is 104 Å². The van der Waals surface area contributed by atoms with Crippen molar-refractivity contribution in [2.75, 3.05) is 0 Å². The third-order valence-electron chi connectivity index (χ3n) is 3.52. The average molecular weight is 584 g/mol. The molecule has 0 atom stereocenters. The first-order chi connectivity index (χ1) is 10.2. The molecule has 25 heavy (non-hydrogen) atoms. The molecule has 0 aliphatic carbocycles. The maximum absolute atomic E-state index is 5.97. The first kappa shape index (κ1) is 30.7. The van der Waals surface area contributed by atoms with E-state index in [0.29, 0.717) is 15.5 Å². The summed E-state index contributed by atoms with van der Waals surface area (Å²) in [6, 6.07) is 0. The van der Waals surface area contributed by atoms with E-state index < -0.39 is 16.6 Å². The molecule has 0 saturated heterocycles. The summed E-state index contributed by atoms with van der Waals surface area (Å²) >= 11 is 0. The molecule has 0 rings (SSSR count). The van der Waals surface area contributed by atoms with Gasteiger partial charge in [0.05, 0.1) is 0 Å². The molecule has 0 aromatic heterocycles. The summed E-state index contributed by atoms with van der Waals surface area (Å²) in [6.45, 7) is 37.6. The largest absolute Gasteiger partial charge is 0.449 e. The summed E-state index contributed by atoms with van der Waals surface area (Å²) in [7, 11) is -3.14. The van der Waals surface area contributed by atoms with E-state index in [0.717, 1.165) is 0 Å². The first-order valence-corrected chi connectivity index (χ1v) is 16.3. The zero-order chi connectivity index (χ0) is 20.2. The summed E-state index contributed by atoms with van der Waals surface area (Å²) in [5.74, 6) is 0. The predicted octanol–water partition coefficient (Wildman–Crippen LogP) is 7.72. The predicted molar refractivity (Wildman–Crippen MR) is 123 cm³/mol. The van der Waals surface area contributed by atoms with Crippen LogP contribution in [-0.4, -0.2) is 32.1 Å². The maximum atomic E-state index is 5.97. The van der Waals surface area contributed by atoms with Crippen molar-refractivity contribution < 1.29 is 25.2 Å². The molecule has 5 heteroatoms. The second-order valence-corrected chi connectivity index (χ2v) is 23.3. The fourth-order valence-electron chi connectivity index (χ4n) is 3.78. The molecule has 0 N–H and O–H groups in total. The molecule has 0 amide bonds. The Balaban J connectivity index is -0.000000377. The van der Waals surface area contributed by atoms with Crippen LogP contribution in [0.25, 0.3) is 0 Å². The Bertz CT molecular complexity index is 362. The molecule has 0 fully saturated rings. The zero-order valence-corrected chi connectivity index (χ0v) is 24.4. The minimum atomic E-state index is -1.58. The SMILES string of the molecule is C=C[Si](C)(C)O[Si](C)(C)C=C.CC(C)(C)P(C(C)(C)C)C(C)(C)C.[Pt]. The monoisotopic (exact) mass is 583 g/mol. The average Bonchev–Trinajstić information content (AvgIpc) is 2.21. The topological polar surface area (TPSA) is 9.23 Å². The van der Waals surface area contributed by atoms with Crippen LogP contribution in [0.1, 0.15) is 62.3 Å². The van der Waals surface area contributed by atoms with Crippen molar-refractivity contribution >= 4 is 24.6 Å². The fourth-order valence-corrected chi connectivity index (χ4v) is 15.9. The van der Waals surface area contributed by atoms with E-state index in [1.807, 2.05) is 11.4 Å². The van der Waals surface area contributed by atoms with Crippen molar-refractivity contribution in [3.63, 3.8) is 0 Å². The fraction of sp³-hybridized carbons (Fsp3) is 0.800. The van der Waals surface area contributed by atoms with E-state index in [1.165, 1.54) is 0 Å². The van der Waals surface area contributed by atoms with Gasteiger partial charge in [-0.05, 0) is 41.7 Å². The third kappa shape index (κ3) is 13.8. The van der Waals surface area contributed by atoms with Crippen LogP contribution in [0.2, 0.25) is 26.2 Å². The summed E-state index contributed by atoms with van der Waals surface area (Å²) in [5, 5.41) is 1.35. The first-order valence-electron chi connectivity index (χ1n) is 8.97. The van der Waals surface area contributed by atoms with Crippen LogP contribution in [0.15, 0.2) is 24.6 Å². The molecular weight excluding hydrogens is 538 g/mol. The van der Waals surface area contributed by atoms with Crippen LogP contribution >= 0.6 is 7.92 Å². The molecule has 154 valence electrons. The van der Waals surface area contributed by atoms with Crippen LogP contribution in [-0.2, 0) is 25.2 Å². The van der Waals surface area contributed by atoms with Gasteiger partial charge in [0.25, 0.3) is 0 Å². The van der Waals surface area contributed by atoms with Gasteiger partial charge in [-0.1, -0.05) is 81.6 Å². The zero-order valence-electron chi connectivity index (χ0n) is 19.2. The standard InChI is InChI=1S/C12H27P.C8H18OSi2.Pt/c1-10(2,3)13(11(4,5)6)12(7,8)9;1-7-10(3,4)9-11(5,6)8-2;/h1-9H3;7-8H,1-2H2,3-6H3;. The Morgan fingerprint density at radius 1 is 0.640 bits per heavy atom. The van der Waals surface area contributed by atoms with Gasteiger partial charge in [-0.15, -0.1) is 13.2 Å². The van der Waals surface area contributed by atoms with Crippen molar-refractivity contribution in [3.05, 3.63) is 24.6 Å². The Hall–Kier alpha value is 0.992. The molecule has 1 nitrogen and oxygen atoms in total. The molecule has 0 aromatic carbocycles. The van der Waals surface area contributed by atoms with E-state index in [1.54, 1.807) is 0 Å². The van der Waals surface area contributed by atoms with E-state index in [-0.39, 0.29) is 29.0 Å². The summed E-state index contributed by atoms with van der Waals surface area (Å²) in [6.07, 6.45) is 0. The molecule has 0 saturated carbocycles. The van der Waals surface area contributed by atoms with Crippen LogP contribution in [0.5, 0.6) is 0 Å². The van der Waals surface area contributed by atoms with Gasteiger partial charge in [0, 0.05) is 21.1 Å². The van der Waals surface area contributed by atoms with E-state index in [9.17, 15) is 0 Å². The molecule has 0 bridgehead atoms. The van der Waals surface area contributed by atoms with Gasteiger partial charge in [-0.2, -0.15) is 0 Å². The second-order valence-electron chi connectivity index (χ2n) is 10.6. The van der Waals surface area contributed by atoms with Gasteiger partial charge < -0.3 is 4.12 Å². The van der Waals surface area contributed by atoms with Crippen LogP contribution in [0, 0.1) is 0 Å². The maximum Gasteiger partial charge on any atom is 0.198 e. The van der Waals surface area contributed by atoms with Gasteiger partial charge in [-0.3, -0.25) is 0 Å². The smallest absolute Gasteiger partial charge is 0.198 e. The molecule has 0 heterocycles. The number of rotatable bonds is 4. The molecule has 0 spiro atoms. The van der Waals surface area contributed by atoms with Gasteiger partial charge >= 0.3 is 0 Å². The number of hydrogen-bond donors (Lipinski definition) is 0. The van der Waals surface area contributed by atoms with Gasteiger partial charge in [0.1, 0.15) is 0 Å². The molecule has 0 aliphatic heterocycles. The quantitative estimate of drug-likeness (QED) is 0.243. The van der Waals surface area contributed by atoms with Crippen LogP contribution in [0.4, 0.5) is 0 Å². The molecule has 0 aromatic rings. The van der Waals surface area contributed by atoms with Crippen molar-refractivity contribution in [1.29, 1.82) is 0 Å². The van der Waals surface area contributed by atoms with Gasteiger partial charge in [0.15, 0.2) is 16.6 Å². The summed E-state index contributed by atoms with van der Waals surface area (Å²) < 4.78 is 5.97. The van der Waals surface area contributed by atoms with E-state index >= 15 is 0 Å². The molecular formula is C20H45OPPtSi2. The number of hydrogen-bond acceptors (Lipinski definition) is 1. The third-order valence-corrected chi connectivity index (χ3v) is 13.7. The summed E-state index contributed by atoms with van der Waals surface area (Å²) in [5.41, 5.74) is 3.93. The van der Waals surface area contributed by atoms with Crippen molar-refractivity contribution in [1.82, 2.24) is 0 Å². The van der Waals surface area contributed by atoms with Crippen molar-refractivity contribution in [3.8, 4) is 0 Å². The molecule has 0 aliphatic rings. The Morgan fingerprint density at radius 2 is 0.840 bits per heavy atom. The normalized spacial score (nSPS) is 13.5. The van der Waals surface area contributed by atoms with Crippen LogP contribution in [0.3, 0.4) is 0 Å². The Labute approximate surface area is 177 Å². The summed E-state index contributed by atoms with van der Waals surface area (Å²) in [4.78, 5) is 0. The van der Waals surface area contributed by atoms with Gasteiger partial charge in [0.2, 0.25) is 0 Å². The second kappa shape index (κ2) is 10.5.